The highest BCUT2D eigenvalue weighted by Gasteiger charge is 2.23. The second kappa shape index (κ2) is 5.39. The van der Waals surface area contributed by atoms with Gasteiger partial charge in [0.25, 0.3) is 5.91 Å². The number of fused-ring (bicyclic) bond motifs is 1. The number of nitrogens with zero attached hydrogens (tertiary/aromatic N) is 1. The summed E-state index contributed by atoms with van der Waals surface area (Å²) >= 11 is 7.55. The van der Waals surface area contributed by atoms with Crippen molar-refractivity contribution in [1.29, 1.82) is 0 Å². The zero-order valence-corrected chi connectivity index (χ0v) is 12.8. The van der Waals surface area contributed by atoms with Gasteiger partial charge in [-0.25, -0.2) is 0 Å². The molecule has 1 amide bonds. The quantitative estimate of drug-likeness (QED) is 0.930. The van der Waals surface area contributed by atoms with Crippen molar-refractivity contribution < 1.29 is 4.79 Å². The lowest BCUT2D eigenvalue weighted by Crippen LogP contribution is -2.34. The number of carbonyl (C=O) groups is 1. The summed E-state index contributed by atoms with van der Waals surface area (Å²) in [5, 5.41) is 1.38. The maximum Gasteiger partial charge on any atom is 0.266 e. The fraction of sp³-hybridized carbons (Fsp3) is 0.357. The molecular weight excluding hydrogens is 280 g/mol. The Balaban J connectivity index is 2.49. The second-order valence-electron chi connectivity index (χ2n) is 4.63. The van der Waals surface area contributed by atoms with Crippen LogP contribution in [0.15, 0.2) is 18.2 Å². The molecule has 19 heavy (non-hydrogen) atoms. The molecule has 3 nitrogen and oxygen atoms in total. The Morgan fingerprint density at radius 2 is 2.21 bits per heavy atom. The molecule has 0 saturated heterocycles. The number of carbonyl (C=O) groups excluding carboxylic acids is 1. The van der Waals surface area contributed by atoms with E-state index in [9.17, 15) is 4.79 Å². The van der Waals surface area contributed by atoms with Gasteiger partial charge in [0.2, 0.25) is 0 Å². The fourth-order valence-corrected chi connectivity index (χ4v) is 3.39. The molecule has 1 heterocycles. The molecule has 0 spiro atoms. The minimum absolute atomic E-state index is 0.0379. The molecule has 0 aliphatic heterocycles. The molecule has 0 aliphatic carbocycles. The normalized spacial score (nSPS) is 12.6. The topological polar surface area (TPSA) is 46.3 Å². The fourth-order valence-electron chi connectivity index (χ4n) is 1.92. The first-order valence-corrected chi connectivity index (χ1v) is 7.40. The van der Waals surface area contributed by atoms with E-state index in [0.717, 1.165) is 16.5 Å². The Kier molecular flexibility index (Phi) is 4.02. The summed E-state index contributed by atoms with van der Waals surface area (Å²) < 4.78 is 0.950. The van der Waals surface area contributed by atoms with Crippen LogP contribution in [0.4, 0.5) is 5.69 Å². The molecule has 0 saturated carbocycles. The molecule has 2 aromatic rings. The van der Waals surface area contributed by atoms with E-state index in [0.29, 0.717) is 15.6 Å². The minimum Gasteiger partial charge on any atom is -0.397 e. The smallest absolute Gasteiger partial charge is 0.266 e. The molecule has 2 rings (SSSR count). The number of anilines is 1. The Hall–Kier alpha value is -1.26. The van der Waals surface area contributed by atoms with E-state index in [-0.39, 0.29) is 11.9 Å². The van der Waals surface area contributed by atoms with Crippen molar-refractivity contribution in [2.75, 3.05) is 12.8 Å². The predicted octanol–water partition coefficient (Wildman–Crippen LogP) is 4.01. The van der Waals surface area contributed by atoms with Gasteiger partial charge in [0.05, 0.1) is 10.7 Å². The third-order valence-electron chi connectivity index (χ3n) is 3.47. The van der Waals surface area contributed by atoms with Crippen LogP contribution < -0.4 is 5.73 Å². The van der Waals surface area contributed by atoms with E-state index in [1.807, 2.05) is 26.1 Å². The van der Waals surface area contributed by atoms with Crippen LogP contribution in [0.2, 0.25) is 5.02 Å². The average Bonchev–Trinajstić information content (AvgIpc) is 2.74. The van der Waals surface area contributed by atoms with Gasteiger partial charge < -0.3 is 10.6 Å². The van der Waals surface area contributed by atoms with Gasteiger partial charge in [0, 0.05) is 23.2 Å². The lowest BCUT2D eigenvalue weighted by atomic mass is 10.2. The maximum absolute atomic E-state index is 12.5. The lowest BCUT2D eigenvalue weighted by Gasteiger charge is -2.23. The number of thiophene rings is 1. The summed E-state index contributed by atoms with van der Waals surface area (Å²) in [5.41, 5.74) is 6.59. The maximum atomic E-state index is 12.5. The summed E-state index contributed by atoms with van der Waals surface area (Å²) in [6.45, 7) is 4.08. The van der Waals surface area contributed by atoms with Crippen LogP contribution in [0.25, 0.3) is 10.1 Å². The van der Waals surface area contributed by atoms with Crippen molar-refractivity contribution >= 4 is 44.6 Å². The molecule has 0 radical (unpaired) electrons. The molecular formula is C14H17ClN2OS. The summed E-state index contributed by atoms with van der Waals surface area (Å²) in [4.78, 5) is 14.8. The van der Waals surface area contributed by atoms with E-state index in [1.54, 1.807) is 11.0 Å². The van der Waals surface area contributed by atoms with E-state index >= 15 is 0 Å². The molecule has 1 aromatic heterocycles. The number of benzene rings is 1. The first kappa shape index (κ1) is 14.2. The van der Waals surface area contributed by atoms with E-state index in [1.165, 1.54) is 11.3 Å². The Morgan fingerprint density at radius 1 is 1.53 bits per heavy atom. The van der Waals surface area contributed by atoms with Crippen LogP contribution >= 0.6 is 22.9 Å². The van der Waals surface area contributed by atoms with Gasteiger partial charge in [-0.2, -0.15) is 0 Å². The molecule has 5 heteroatoms. The van der Waals surface area contributed by atoms with Gasteiger partial charge in [-0.1, -0.05) is 24.6 Å². The zero-order chi connectivity index (χ0) is 14.2. The highest BCUT2D eigenvalue weighted by atomic mass is 35.5. The Morgan fingerprint density at radius 3 is 2.79 bits per heavy atom. The Bertz CT molecular complexity index is 623. The minimum atomic E-state index is -0.0379. The zero-order valence-electron chi connectivity index (χ0n) is 11.2. The van der Waals surface area contributed by atoms with Crippen molar-refractivity contribution in [2.24, 2.45) is 0 Å². The second-order valence-corrected chi connectivity index (χ2v) is 6.09. The number of nitrogens with two attached hydrogens (primary N) is 1. The summed E-state index contributed by atoms with van der Waals surface area (Å²) in [5.74, 6) is -0.0379. The number of hydrogen-bond acceptors (Lipinski definition) is 3. The molecule has 2 N–H and O–H groups in total. The van der Waals surface area contributed by atoms with Gasteiger partial charge in [-0.3, -0.25) is 4.79 Å². The van der Waals surface area contributed by atoms with Crippen LogP contribution in [-0.4, -0.2) is 23.9 Å². The molecule has 0 aliphatic rings. The first-order valence-electron chi connectivity index (χ1n) is 6.21. The molecule has 102 valence electrons. The van der Waals surface area contributed by atoms with Crippen molar-refractivity contribution in [3.63, 3.8) is 0 Å². The Labute approximate surface area is 122 Å². The van der Waals surface area contributed by atoms with Crippen molar-refractivity contribution in [3.8, 4) is 0 Å². The van der Waals surface area contributed by atoms with Crippen LogP contribution in [0, 0.1) is 0 Å². The number of hydrogen-bond donors (Lipinski definition) is 1. The van der Waals surface area contributed by atoms with Gasteiger partial charge in [0.1, 0.15) is 4.88 Å². The highest BCUT2D eigenvalue weighted by molar-refractivity contribution is 7.21. The highest BCUT2D eigenvalue weighted by Crippen LogP contribution is 2.38. The number of nitrogen functional groups attached to an aromatic ring is 1. The molecule has 1 aromatic carbocycles. The van der Waals surface area contributed by atoms with Crippen molar-refractivity contribution in [3.05, 3.63) is 28.1 Å². The van der Waals surface area contributed by atoms with Gasteiger partial charge in [0.15, 0.2) is 0 Å². The van der Waals surface area contributed by atoms with Gasteiger partial charge in [-0.05, 0) is 25.5 Å². The number of rotatable bonds is 3. The first-order chi connectivity index (χ1) is 8.97. The van der Waals surface area contributed by atoms with E-state index in [4.69, 9.17) is 17.3 Å². The predicted molar refractivity (Wildman–Crippen MR) is 83.1 cm³/mol. The van der Waals surface area contributed by atoms with E-state index < -0.39 is 0 Å². The van der Waals surface area contributed by atoms with Crippen LogP contribution in [0.5, 0.6) is 0 Å². The monoisotopic (exact) mass is 296 g/mol. The third-order valence-corrected chi connectivity index (χ3v) is 4.94. The lowest BCUT2D eigenvalue weighted by molar-refractivity contribution is 0.0746. The summed E-state index contributed by atoms with van der Waals surface area (Å²) in [7, 11) is 1.81. The van der Waals surface area contributed by atoms with Crippen LogP contribution in [0.3, 0.4) is 0 Å². The van der Waals surface area contributed by atoms with Crippen LogP contribution in [-0.2, 0) is 0 Å². The average molecular weight is 297 g/mol. The molecule has 1 atom stereocenters. The largest absolute Gasteiger partial charge is 0.397 e. The summed E-state index contributed by atoms with van der Waals surface area (Å²) in [6.07, 6.45) is 0.911. The third kappa shape index (κ3) is 2.42. The number of halogens is 1. The summed E-state index contributed by atoms with van der Waals surface area (Å²) in [6, 6.07) is 5.78. The molecule has 1 unspecified atom stereocenters. The van der Waals surface area contributed by atoms with Gasteiger partial charge in [-0.15, -0.1) is 11.3 Å². The van der Waals surface area contributed by atoms with Gasteiger partial charge >= 0.3 is 0 Å². The number of amides is 1. The molecule has 0 bridgehead atoms. The van der Waals surface area contributed by atoms with Crippen molar-refractivity contribution in [1.82, 2.24) is 4.90 Å². The molecule has 0 fully saturated rings. The van der Waals surface area contributed by atoms with Crippen molar-refractivity contribution in [2.45, 2.75) is 26.3 Å². The standard InChI is InChI=1S/C14H17ClN2OS/c1-4-8(2)17(3)14(18)13-12(16)11-9(15)6-5-7-10(11)19-13/h5-8H,4,16H2,1-3H3. The van der Waals surface area contributed by atoms with Crippen LogP contribution in [0.1, 0.15) is 29.9 Å². The van der Waals surface area contributed by atoms with E-state index in [2.05, 4.69) is 6.92 Å². The SMILES string of the molecule is CCC(C)N(C)C(=O)c1sc2cccc(Cl)c2c1N.